The lowest BCUT2D eigenvalue weighted by Crippen LogP contribution is -2.36. The molecule has 0 saturated heterocycles. The Morgan fingerprint density at radius 3 is 2.73 bits per heavy atom. The van der Waals surface area contributed by atoms with Gasteiger partial charge in [0.15, 0.2) is 6.19 Å². The fourth-order valence-corrected chi connectivity index (χ4v) is 4.27. The van der Waals surface area contributed by atoms with Crippen molar-refractivity contribution in [3.8, 4) is 17.7 Å². The van der Waals surface area contributed by atoms with E-state index in [1.54, 1.807) is 18.2 Å². The smallest absolute Gasteiger partial charge is 0.404 e. The van der Waals surface area contributed by atoms with Gasteiger partial charge in [0.1, 0.15) is 17.2 Å². The lowest BCUT2D eigenvalue weighted by atomic mass is 9.94. The second-order valence-corrected chi connectivity index (χ2v) is 9.91. The van der Waals surface area contributed by atoms with Crippen LogP contribution in [-0.2, 0) is 0 Å². The number of halogens is 4. The maximum Gasteiger partial charge on any atom is 0.404 e. The van der Waals surface area contributed by atoms with E-state index in [0.717, 1.165) is 6.54 Å². The molecule has 1 unspecified atom stereocenters. The first-order valence-electron chi connectivity index (χ1n) is 12.5. The standard InChI is InChI=1S/C26H29Cl2F2N7O4/c1-36(2)10-3-11-40-22-7-5-18(41-24(29)30)13-21(22)34-25(33-15-31)37-14-17(8-9-32-26(38)39)23(35-37)16-4-6-19(27)20(28)12-16/h4-7,12-13,17,24,32H,3,8-11,14H2,1-2H3,(H,33,34)(H,38,39). The fraction of sp³-hybridized carbons (Fsp3) is 0.385. The summed E-state index contributed by atoms with van der Waals surface area (Å²) in [6.07, 6.45) is 1.73. The van der Waals surface area contributed by atoms with Gasteiger partial charge in [-0.2, -0.15) is 19.1 Å². The van der Waals surface area contributed by atoms with Gasteiger partial charge in [0.25, 0.3) is 0 Å². The quantitative estimate of drug-likeness (QED) is 0.101. The summed E-state index contributed by atoms with van der Waals surface area (Å²) in [4.78, 5) is 17.5. The predicted molar refractivity (Wildman–Crippen MR) is 151 cm³/mol. The molecule has 0 saturated carbocycles. The van der Waals surface area contributed by atoms with E-state index in [1.807, 2.05) is 25.2 Å². The molecule has 1 aliphatic heterocycles. The number of nitrogens with zero attached hydrogens (tertiary/aromatic N) is 5. The Hall–Kier alpha value is -3.86. The number of aliphatic imine (C=N–C) groups is 1. The molecule has 0 fully saturated rings. The van der Waals surface area contributed by atoms with E-state index in [0.29, 0.717) is 40.8 Å². The molecule has 41 heavy (non-hydrogen) atoms. The van der Waals surface area contributed by atoms with Crippen LogP contribution in [0.15, 0.2) is 46.5 Å². The Bertz CT molecular complexity index is 1320. The number of amides is 1. The number of carbonyl (C=O) groups is 1. The summed E-state index contributed by atoms with van der Waals surface area (Å²) < 4.78 is 36.3. The van der Waals surface area contributed by atoms with Crippen LogP contribution in [0.3, 0.4) is 0 Å². The van der Waals surface area contributed by atoms with Crippen LogP contribution in [-0.4, -0.2) is 79.7 Å². The highest BCUT2D eigenvalue weighted by Crippen LogP contribution is 2.34. The molecule has 1 aliphatic rings. The Balaban J connectivity index is 1.98. The number of alkyl halides is 2. The molecule has 1 atom stereocenters. The fourth-order valence-electron chi connectivity index (χ4n) is 3.97. The third-order valence-corrected chi connectivity index (χ3v) is 6.53. The minimum atomic E-state index is -3.05. The molecule has 0 bridgehead atoms. The van der Waals surface area contributed by atoms with Crippen LogP contribution < -0.4 is 20.1 Å². The highest BCUT2D eigenvalue weighted by Gasteiger charge is 2.31. The molecule has 220 valence electrons. The summed E-state index contributed by atoms with van der Waals surface area (Å²) >= 11 is 12.3. The Morgan fingerprint density at radius 2 is 2.07 bits per heavy atom. The molecule has 11 nitrogen and oxygen atoms in total. The largest absolute Gasteiger partial charge is 0.491 e. The lowest BCUT2D eigenvalue weighted by molar-refractivity contribution is -0.0498. The van der Waals surface area contributed by atoms with Gasteiger partial charge in [-0.05, 0) is 56.8 Å². The summed E-state index contributed by atoms with van der Waals surface area (Å²) in [6, 6.07) is 9.07. The van der Waals surface area contributed by atoms with Gasteiger partial charge in [-0.25, -0.2) is 14.8 Å². The van der Waals surface area contributed by atoms with E-state index in [-0.39, 0.29) is 42.2 Å². The number of guanidine groups is 1. The van der Waals surface area contributed by atoms with Gasteiger partial charge >= 0.3 is 12.7 Å². The zero-order chi connectivity index (χ0) is 29.9. The summed E-state index contributed by atoms with van der Waals surface area (Å²) in [7, 11) is 3.86. The van der Waals surface area contributed by atoms with Crippen LogP contribution in [0, 0.1) is 17.4 Å². The van der Waals surface area contributed by atoms with Crippen LogP contribution in [0.2, 0.25) is 10.0 Å². The second kappa shape index (κ2) is 15.2. The third-order valence-electron chi connectivity index (χ3n) is 5.79. The number of benzene rings is 2. The van der Waals surface area contributed by atoms with Gasteiger partial charge < -0.3 is 24.8 Å². The number of nitrogens with one attached hydrogen (secondary N) is 2. The lowest BCUT2D eigenvalue weighted by Gasteiger charge is -2.18. The zero-order valence-electron chi connectivity index (χ0n) is 22.3. The van der Waals surface area contributed by atoms with E-state index < -0.39 is 12.7 Å². The number of hydrogen-bond donors (Lipinski definition) is 3. The topological polar surface area (TPSA) is 135 Å². The SMILES string of the molecule is CN(C)CCCOc1ccc(OC(F)F)cc1N=C(NC#N)N1CC(CCNC(=O)O)C(c2ccc(Cl)c(Cl)c2)=N1. The summed E-state index contributed by atoms with van der Waals surface area (Å²) in [6.45, 7) is -1.59. The van der Waals surface area contributed by atoms with Crippen LogP contribution >= 0.6 is 23.2 Å². The van der Waals surface area contributed by atoms with Crippen LogP contribution in [0.5, 0.6) is 11.5 Å². The van der Waals surface area contributed by atoms with E-state index in [2.05, 4.69) is 25.5 Å². The van der Waals surface area contributed by atoms with Crippen molar-refractivity contribution in [2.24, 2.45) is 16.0 Å². The predicted octanol–water partition coefficient (Wildman–Crippen LogP) is 4.98. The molecule has 3 N–H and O–H groups in total. The van der Waals surface area contributed by atoms with Gasteiger partial charge in [-0.3, -0.25) is 5.32 Å². The number of carboxylic acid groups (broad SMARTS) is 1. The minimum absolute atomic E-state index is 0.00825. The highest BCUT2D eigenvalue weighted by atomic mass is 35.5. The van der Waals surface area contributed by atoms with Gasteiger partial charge in [-0.15, -0.1) is 0 Å². The zero-order valence-corrected chi connectivity index (χ0v) is 23.8. The molecule has 1 heterocycles. The second-order valence-electron chi connectivity index (χ2n) is 9.10. The number of nitriles is 1. The molecule has 0 spiro atoms. The molecule has 0 aliphatic carbocycles. The summed E-state index contributed by atoms with van der Waals surface area (Å²) in [5.41, 5.74) is 1.35. The molecular weight excluding hydrogens is 583 g/mol. The monoisotopic (exact) mass is 611 g/mol. The first-order valence-corrected chi connectivity index (χ1v) is 13.2. The third kappa shape index (κ3) is 9.63. The van der Waals surface area contributed by atoms with Crippen molar-refractivity contribution in [1.29, 1.82) is 5.26 Å². The number of rotatable bonds is 12. The molecule has 2 aromatic carbocycles. The normalized spacial score (nSPS) is 15.1. The Kier molecular flexibility index (Phi) is 11.8. The molecule has 15 heteroatoms. The maximum atomic E-state index is 12.9. The molecule has 3 rings (SSSR count). The number of ether oxygens (including phenoxy) is 2. The van der Waals surface area contributed by atoms with Crippen molar-refractivity contribution in [2.75, 3.05) is 40.3 Å². The maximum absolute atomic E-state index is 12.9. The van der Waals surface area contributed by atoms with E-state index in [1.165, 1.54) is 23.2 Å². The van der Waals surface area contributed by atoms with Crippen molar-refractivity contribution in [2.45, 2.75) is 19.5 Å². The van der Waals surface area contributed by atoms with Gasteiger partial charge in [0, 0.05) is 25.1 Å². The molecule has 0 aromatic heterocycles. The molecule has 2 aromatic rings. The number of hydrogen-bond acceptors (Lipinski definition) is 7. The summed E-state index contributed by atoms with van der Waals surface area (Å²) in [5, 5.41) is 30.1. The van der Waals surface area contributed by atoms with Crippen molar-refractivity contribution in [3.05, 3.63) is 52.0 Å². The average Bonchev–Trinajstić information content (AvgIpc) is 3.32. The molecular formula is C26H29Cl2F2N7O4. The first kappa shape index (κ1) is 31.7. The number of hydrazone groups is 1. The Labute approximate surface area is 245 Å². The Morgan fingerprint density at radius 1 is 1.29 bits per heavy atom. The average molecular weight is 612 g/mol. The highest BCUT2D eigenvalue weighted by molar-refractivity contribution is 6.42. The van der Waals surface area contributed by atoms with Crippen molar-refractivity contribution in [1.82, 2.24) is 20.5 Å². The van der Waals surface area contributed by atoms with Crippen molar-refractivity contribution in [3.63, 3.8) is 0 Å². The van der Waals surface area contributed by atoms with E-state index in [4.69, 9.17) is 33.0 Å². The van der Waals surface area contributed by atoms with Crippen LogP contribution in [0.25, 0.3) is 0 Å². The van der Waals surface area contributed by atoms with Crippen molar-refractivity contribution < 1.29 is 28.2 Å². The van der Waals surface area contributed by atoms with Gasteiger partial charge in [0.2, 0.25) is 5.96 Å². The molecule has 0 radical (unpaired) electrons. The summed E-state index contributed by atoms with van der Waals surface area (Å²) in [5.74, 6) is -0.154. The molecule has 1 amide bonds. The van der Waals surface area contributed by atoms with E-state index >= 15 is 0 Å². The van der Waals surface area contributed by atoms with Gasteiger partial charge in [-0.1, -0.05) is 29.3 Å². The van der Waals surface area contributed by atoms with Crippen LogP contribution in [0.4, 0.5) is 19.3 Å². The van der Waals surface area contributed by atoms with Gasteiger partial charge in [0.05, 0.1) is 28.9 Å². The minimum Gasteiger partial charge on any atom is -0.491 e. The van der Waals surface area contributed by atoms with E-state index in [9.17, 15) is 18.8 Å². The van der Waals surface area contributed by atoms with Crippen LogP contribution in [0.1, 0.15) is 18.4 Å². The van der Waals surface area contributed by atoms with Crippen molar-refractivity contribution >= 4 is 46.7 Å². The first-order chi connectivity index (χ1) is 19.6.